The molecule has 1 aromatic heterocycles. The predicted molar refractivity (Wildman–Crippen MR) is 127 cm³/mol. The fourth-order valence-corrected chi connectivity index (χ4v) is 4.77. The van der Waals surface area contributed by atoms with Crippen molar-refractivity contribution < 1.29 is 14.3 Å². The monoisotopic (exact) mass is 453 g/mol. The minimum absolute atomic E-state index is 0.0226. The van der Waals surface area contributed by atoms with E-state index in [4.69, 9.17) is 9.84 Å². The zero-order valence-corrected chi connectivity index (χ0v) is 20.2. The molecule has 178 valence electrons. The third kappa shape index (κ3) is 5.31. The minimum Gasteiger partial charge on any atom is -0.444 e. The molecule has 0 radical (unpaired) electrons. The molecular formula is C25H35N5O3. The number of nitrogens with one attached hydrogen (secondary N) is 2. The van der Waals surface area contributed by atoms with E-state index in [9.17, 15) is 9.59 Å². The lowest BCUT2D eigenvalue weighted by molar-refractivity contribution is 0.154. The van der Waals surface area contributed by atoms with Gasteiger partial charge in [-0.05, 0) is 59.4 Å². The molecule has 1 saturated heterocycles. The Labute approximate surface area is 195 Å². The van der Waals surface area contributed by atoms with Crippen molar-refractivity contribution in [3.8, 4) is 0 Å². The van der Waals surface area contributed by atoms with Crippen molar-refractivity contribution >= 4 is 17.9 Å². The Kier molecular flexibility index (Phi) is 6.12. The van der Waals surface area contributed by atoms with Gasteiger partial charge < -0.3 is 15.0 Å². The molecule has 1 aromatic carbocycles. The number of anilines is 1. The zero-order valence-electron chi connectivity index (χ0n) is 20.2. The van der Waals surface area contributed by atoms with Crippen LogP contribution < -0.4 is 10.6 Å². The molecule has 1 saturated carbocycles. The van der Waals surface area contributed by atoms with E-state index in [1.807, 2.05) is 46.0 Å². The number of urea groups is 1. The molecule has 2 aliphatic rings. The van der Waals surface area contributed by atoms with Gasteiger partial charge in [0, 0.05) is 24.6 Å². The average Bonchev–Trinajstić information content (AvgIpc) is 3.43. The lowest BCUT2D eigenvalue weighted by atomic mass is 10.0. The van der Waals surface area contributed by atoms with Crippen LogP contribution in [0.2, 0.25) is 0 Å². The second-order valence-corrected chi connectivity index (χ2v) is 10.8. The number of hydrogen-bond acceptors (Lipinski definition) is 4. The molecule has 2 N–H and O–H groups in total. The average molecular weight is 454 g/mol. The van der Waals surface area contributed by atoms with Crippen LogP contribution in [-0.2, 0) is 16.9 Å². The molecule has 3 amide bonds. The molecule has 2 atom stereocenters. The van der Waals surface area contributed by atoms with Crippen LogP contribution in [0.4, 0.5) is 15.4 Å². The summed E-state index contributed by atoms with van der Waals surface area (Å²) in [6.07, 6.45) is 2.30. The van der Waals surface area contributed by atoms with Gasteiger partial charge in [0.05, 0.1) is 16.8 Å². The van der Waals surface area contributed by atoms with Crippen molar-refractivity contribution in [3.63, 3.8) is 0 Å². The van der Waals surface area contributed by atoms with E-state index in [0.29, 0.717) is 5.82 Å². The molecule has 0 bridgehead atoms. The maximum atomic E-state index is 12.5. The largest absolute Gasteiger partial charge is 0.444 e. The summed E-state index contributed by atoms with van der Waals surface area (Å²) in [6.45, 7) is 11.2. The van der Waals surface area contributed by atoms with Crippen LogP contribution in [0, 0.1) is 0 Å². The second kappa shape index (κ2) is 8.72. The third-order valence-corrected chi connectivity index (χ3v) is 6.34. The summed E-state index contributed by atoms with van der Waals surface area (Å²) in [6, 6.07) is 11.8. The van der Waals surface area contributed by atoms with Crippen molar-refractivity contribution in [3.05, 3.63) is 47.7 Å². The lowest BCUT2D eigenvalue weighted by Gasteiger charge is -2.24. The number of hydrogen-bond donors (Lipinski definition) is 2. The van der Waals surface area contributed by atoms with Crippen molar-refractivity contribution in [1.29, 1.82) is 0 Å². The van der Waals surface area contributed by atoms with Crippen LogP contribution in [0.5, 0.6) is 0 Å². The van der Waals surface area contributed by atoms with Crippen LogP contribution in [-0.4, -0.2) is 44.9 Å². The number of nitrogens with zero attached hydrogens (tertiary/aromatic N) is 3. The quantitative estimate of drug-likeness (QED) is 0.679. The molecule has 0 spiro atoms. The summed E-state index contributed by atoms with van der Waals surface area (Å²) in [5.74, 6) is 0.870. The van der Waals surface area contributed by atoms with E-state index >= 15 is 0 Å². The number of aromatic nitrogens is 2. The number of benzene rings is 1. The highest BCUT2D eigenvalue weighted by molar-refractivity contribution is 5.83. The molecule has 8 heteroatoms. The summed E-state index contributed by atoms with van der Waals surface area (Å²) in [5, 5.41) is 10.8. The topological polar surface area (TPSA) is 88.5 Å². The van der Waals surface area contributed by atoms with E-state index in [-0.39, 0.29) is 35.7 Å². The van der Waals surface area contributed by atoms with E-state index in [0.717, 1.165) is 37.1 Å². The molecule has 2 aromatic rings. The molecule has 1 aliphatic carbocycles. The van der Waals surface area contributed by atoms with Crippen LogP contribution in [0.25, 0.3) is 0 Å². The van der Waals surface area contributed by atoms with Gasteiger partial charge in [-0.15, -0.1) is 0 Å². The highest BCUT2D eigenvalue weighted by Crippen LogP contribution is 2.39. The van der Waals surface area contributed by atoms with Gasteiger partial charge in [0.25, 0.3) is 0 Å². The molecule has 33 heavy (non-hydrogen) atoms. The maximum absolute atomic E-state index is 12.5. The first-order valence-corrected chi connectivity index (χ1v) is 11.7. The summed E-state index contributed by atoms with van der Waals surface area (Å²) in [7, 11) is 0. The van der Waals surface area contributed by atoms with Crippen LogP contribution in [0.3, 0.4) is 0 Å². The molecule has 2 fully saturated rings. The molecular weight excluding hydrogens is 418 g/mol. The van der Waals surface area contributed by atoms with Gasteiger partial charge in [0.2, 0.25) is 0 Å². The minimum atomic E-state index is -0.504. The first-order valence-electron chi connectivity index (χ1n) is 11.7. The molecule has 0 unspecified atom stereocenters. The Morgan fingerprint density at radius 3 is 2.61 bits per heavy atom. The first-order chi connectivity index (χ1) is 15.5. The van der Waals surface area contributed by atoms with Gasteiger partial charge >= 0.3 is 12.1 Å². The van der Waals surface area contributed by atoms with Gasteiger partial charge in [-0.3, -0.25) is 5.32 Å². The van der Waals surface area contributed by atoms with Crippen molar-refractivity contribution in [2.24, 2.45) is 0 Å². The Hall–Kier alpha value is -3.03. The van der Waals surface area contributed by atoms with Gasteiger partial charge in [0.15, 0.2) is 0 Å². The predicted octanol–water partition coefficient (Wildman–Crippen LogP) is 4.83. The van der Waals surface area contributed by atoms with Crippen LogP contribution in [0.1, 0.15) is 71.1 Å². The number of carbonyl (C=O) groups is 2. The zero-order chi connectivity index (χ0) is 23.8. The third-order valence-electron chi connectivity index (χ3n) is 6.34. The van der Waals surface area contributed by atoms with Gasteiger partial charge in [-0.25, -0.2) is 14.3 Å². The Morgan fingerprint density at radius 2 is 1.97 bits per heavy atom. The molecule has 4 rings (SSSR count). The Balaban J connectivity index is 1.44. The number of rotatable bonds is 5. The van der Waals surface area contributed by atoms with E-state index < -0.39 is 6.09 Å². The van der Waals surface area contributed by atoms with E-state index in [2.05, 4.69) is 45.3 Å². The van der Waals surface area contributed by atoms with Gasteiger partial charge in [-0.2, -0.15) is 5.10 Å². The second-order valence-electron chi connectivity index (χ2n) is 10.8. The number of ether oxygens (including phenoxy) is 1. The Morgan fingerprint density at radius 1 is 1.24 bits per heavy atom. The van der Waals surface area contributed by atoms with Gasteiger partial charge in [-0.1, -0.05) is 30.3 Å². The van der Waals surface area contributed by atoms with Crippen molar-refractivity contribution in [1.82, 2.24) is 20.0 Å². The van der Waals surface area contributed by atoms with E-state index in [1.54, 1.807) is 0 Å². The Bertz CT molecular complexity index is 1010. The smallest absolute Gasteiger partial charge is 0.413 e. The molecule has 2 heterocycles. The standard InChI is InChI=1S/C25H35N5O3/c1-24(2,3)30-21(26-23(32)33-15-17-9-7-6-8-10-17)14-20(28-30)18-11-12-19(13-18)29-16-25(4,5)27-22(29)31/h6-10,14,18-19H,11-13,15-16H2,1-5H3,(H,26,32)(H,27,31)/t18-,19-/m1/s1. The fraction of sp³-hybridized carbons (Fsp3) is 0.560. The SMILES string of the molecule is CC1(C)CN([C@@H]2CC[C@@H](c3cc(NC(=O)OCc4ccccc4)n(C(C)(C)C)n3)C2)C(=O)N1. The molecule has 1 aliphatic heterocycles. The summed E-state index contributed by atoms with van der Waals surface area (Å²) >= 11 is 0. The summed E-state index contributed by atoms with van der Waals surface area (Å²) < 4.78 is 7.26. The van der Waals surface area contributed by atoms with Crippen molar-refractivity contribution in [2.75, 3.05) is 11.9 Å². The number of amides is 3. The first kappa shape index (κ1) is 23.1. The van der Waals surface area contributed by atoms with E-state index in [1.165, 1.54) is 0 Å². The van der Waals surface area contributed by atoms with Crippen LogP contribution >= 0.6 is 0 Å². The highest BCUT2D eigenvalue weighted by atomic mass is 16.5. The number of carbonyl (C=O) groups excluding carboxylic acids is 2. The van der Waals surface area contributed by atoms with Crippen LogP contribution in [0.15, 0.2) is 36.4 Å². The summed E-state index contributed by atoms with van der Waals surface area (Å²) in [4.78, 5) is 26.9. The van der Waals surface area contributed by atoms with Gasteiger partial charge in [0.1, 0.15) is 12.4 Å². The fourth-order valence-electron chi connectivity index (χ4n) is 4.77. The maximum Gasteiger partial charge on any atom is 0.413 e. The summed E-state index contributed by atoms with van der Waals surface area (Å²) in [5.41, 5.74) is 1.38. The highest BCUT2D eigenvalue weighted by Gasteiger charge is 2.42. The van der Waals surface area contributed by atoms with Crippen molar-refractivity contribution in [2.45, 2.75) is 83.5 Å². The normalized spacial score (nSPS) is 22.3. The lowest BCUT2D eigenvalue weighted by Crippen LogP contribution is -2.36. The molecule has 8 nitrogen and oxygen atoms in total.